The molecule has 0 aliphatic carbocycles. The van der Waals surface area contributed by atoms with Crippen LogP contribution in [-0.4, -0.2) is 30.9 Å². The Bertz CT molecular complexity index is 1110. The normalized spacial score (nSPS) is 10.9. The molecule has 0 aromatic heterocycles. The molecular formula is C26H25N3O2. The highest BCUT2D eigenvalue weighted by molar-refractivity contribution is 6.04. The summed E-state index contributed by atoms with van der Waals surface area (Å²) in [5.74, 6) is 6.83. The maximum Gasteiger partial charge on any atom is 0.257 e. The van der Waals surface area contributed by atoms with Gasteiger partial charge in [-0.3, -0.25) is 15.5 Å². The number of benzene rings is 3. The number of hydrogen-bond donors (Lipinski definition) is 2. The number of carbonyl (C=O) groups excluding carboxylic acids is 1. The summed E-state index contributed by atoms with van der Waals surface area (Å²) in [6, 6.07) is 23.9. The zero-order valence-electron chi connectivity index (χ0n) is 17.8. The second-order valence-corrected chi connectivity index (χ2v) is 7.09. The van der Waals surface area contributed by atoms with Gasteiger partial charge in [0.25, 0.3) is 5.91 Å². The number of methoxy groups -OCH3 is 1. The monoisotopic (exact) mass is 411 g/mol. The highest BCUT2D eigenvalue weighted by Gasteiger charge is 2.20. The molecule has 1 amide bonds. The molecule has 1 unspecified atom stereocenters. The first-order valence-electron chi connectivity index (χ1n) is 9.88. The van der Waals surface area contributed by atoms with Crippen molar-refractivity contribution in [2.45, 2.75) is 13.0 Å². The fourth-order valence-corrected chi connectivity index (χ4v) is 3.05. The molecule has 3 aromatic carbocycles. The molecule has 0 spiro atoms. The molecule has 2 N–H and O–H groups in total. The van der Waals surface area contributed by atoms with Crippen LogP contribution in [0.25, 0.3) is 0 Å². The van der Waals surface area contributed by atoms with Crippen LogP contribution in [0.4, 0.5) is 0 Å². The van der Waals surface area contributed by atoms with E-state index in [4.69, 9.17) is 10.1 Å². The van der Waals surface area contributed by atoms with Crippen molar-refractivity contribution in [1.82, 2.24) is 10.2 Å². The standard InChI is InChI=1S/C26H25N3O2/c1-19-8-7-9-20(18-19)12-17-24(21-13-15-23(31-3)16-14-21)29(2)26(27)28-25(30)22-10-5-4-6-11-22/h4-11,13-16,18,24H,1-3H3,(H2,27,28,30). The summed E-state index contributed by atoms with van der Waals surface area (Å²) in [5, 5.41) is 11.1. The minimum atomic E-state index is -0.435. The van der Waals surface area contributed by atoms with Gasteiger partial charge in [-0.05, 0) is 54.4 Å². The summed E-state index contributed by atoms with van der Waals surface area (Å²) in [5.41, 5.74) is 3.41. The molecule has 0 fully saturated rings. The number of nitrogens with one attached hydrogen (secondary N) is 2. The molecule has 0 saturated heterocycles. The molecule has 0 saturated carbocycles. The summed E-state index contributed by atoms with van der Waals surface area (Å²) in [6.07, 6.45) is 0. The van der Waals surface area contributed by atoms with Gasteiger partial charge in [-0.2, -0.15) is 0 Å². The molecule has 0 bridgehead atoms. The van der Waals surface area contributed by atoms with Gasteiger partial charge < -0.3 is 9.64 Å². The van der Waals surface area contributed by atoms with E-state index in [0.29, 0.717) is 5.56 Å². The van der Waals surface area contributed by atoms with Crippen LogP contribution in [0.1, 0.15) is 33.1 Å². The van der Waals surface area contributed by atoms with E-state index in [0.717, 1.165) is 22.4 Å². The first-order valence-corrected chi connectivity index (χ1v) is 9.88. The van der Waals surface area contributed by atoms with Crippen LogP contribution in [0.2, 0.25) is 0 Å². The van der Waals surface area contributed by atoms with Crippen molar-refractivity contribution < 1.29 is 9.53 Å². The Balaban J connectivity index is 1.87. The quantitative estimate of drug-likeness (QED) is 0.380. The van der Waals surface area contributed by atoms with Gasteiger partial charge in [-0.15, -0.1) is 0 Å². The first kappa shape index (κ1) is 21.7. The third kappa shape index (κ3) is 5.74. The zero-order valence-corrected chi connectivity index (χ0v) is 17.8. The molecular weight excluding hydrogens is 386 g/mol. The Morgan fingerprint density at radius 3 is 2.39 bits per heavy atom. The van der Waals surface area contributed by atoms with Crippen LogP contribution in [0.3, 0.4) is 0 Å². The second-order valence-electron chi connectivity index (χ2n) is 7.09. The van der Waals surface area contributed by atoms with Crippen LogP contribution in [0.5, 0.6) is 5.75 Å². The van der Waals surface area contributed by atoms with E-state index in [1.807, 2.05) is 61.5 Å². The fourth-order valence-electron chi connectivity index (χ4n) is 3.05. The number of amides is 1. The lowest BCUT2D eigenvalue weighted by Crippen LogP contribution is -2.42. The first-order chi connectivity index (χ1) is 15.0. The molecule has 5 heteroatoms. The Morgan fingerprint density at radius 1 is 1.03 bits per heavy atom. The average Bonchev–Trinajstić information content (AvgIpc) is 2.80. The lowest BCUT2D eigenvalue weighted by Gasteiger charge is -2.27. The summed E-state index contributed by atoms with van der Waals surface area (Å²) < 4.78 is 5.25. The number of nitrogens with zero attached hydrogens (tertiary/aromatic N) is 1. The number of guanidine groups is 1. The van der Waals surface area contributed by atoms with Gasteiger partial charge in [0.15, 0.2) is 5.96 Å². The van der Waals surface area contributed by atoms with Crippen molar-refractivity contribution in [3.63, 3.8) is 0 Å². The predicted octanol–water partition coefficient (Wildman–Crippen LogP) is 4.39. The van der Waals surface area contributed by atoms with E-state index in [-0.39, 0.29) is 11.9 Å². The molecule has 156 valence electrons. The lowest BCUT2D eigenvalue weighted by molar-refractivity contribution is 0.0972. The molecule has 0 radical (unpaired) electrons. The number of hydrogen-bond acceptors (Lipinski definition) is 3. The summed E-state index contributed by atoms with van der Waals surface area (Å²) in [7, 11) is 3.36. The van der Waals surface area contributed by atoms with Crippen LogP contribution < -0.4 is 10.1 Å². The average molecular weight is 412 g/mol. The van der Waals surface area contributed by atoms with E-state index in [9.17, 15) is 4.79 Å². The molecule has 0 aliphatic heterocycles. The van der Waals surface area contributed by atoms with Gasteiger partial charge in [-0.25, -0.2) is 0 Å². The van der Waals surface area contributed by atoms with Crippen LogP contribution in [0.15, 0.2) is 78.9 Å². The third-order valence-corrected chi connectivity index (χ3v) is 4.81. The minimum Gasteiger partial charge on any atom is -0.497 e. The van der Waals surface area contributed by atoms with E-state index >= 15 is 0 Å². The summed E-state index contributed by atoms with van der Waals surface area (Å²) in [6.45, 7) is 2.02. The number of rotatable bonds is 4. The van der Waals surface area contributed by atoms with Crippen molar-refractivity contribution in [3.05, 3.63) is 101 Å². The molecule has 3 aromatic rings. The molecule has 1 atom stereocenters. The number of ether oxygens (including phenoxy) is 1. The van der Waals surface area contributed by atoms with E-state index in [1.54, 1.807) is 43.3 Å². The van der Waals surface area contributed by atoms with Gasteiger partial charge >= 0.3 is 0 Å². The van der Waals surface area contributed by atoms with Gasteiger partial charge in [0.2, 0.25) is 0 Å². The summed E-state index contributed by atoms with van der Waals surface area (Å²) in [4.78, 5) is 14.1. The SMILES string of the molecule is COc1ccc(C(C#Cc2cccc(C)c2)N(C)C(=N)NC(=O)c2ccccc2)cc1. The summed E-state index contributed by atoms with van der Waals surface area (Å²) >= 11 is 0. The Kier molecular flexibility index (Phi) is 7.08. The topological polar surface area (TPSA) is 65.4 Å². The molecule has 0 heterocycles. The maximum atomic E-state index is 12.5. The van der Waals surface area contributed by atoms with E-state index < -0.39 is 6.04 Å². The minimum absolute atomic E-state index is 0.0341. The smallest absolute Gasteiger partial charge is 0.257 e. The van der Waals surface area contributed by atoms with Gasteiger partial charge in [0.1, 0.15) is 11.8 Å². The highest BCUT2D eigenvalue weighted by Crippen LogP contribution is 2.22. The third-order valence-electron chi connectivity index (χ3n) is 4.81. The van der Waals surface area contributed by atoms with Crippen molar-refractivity contribution in [2.75, 3.05) is 14.2 Å². The van der Waals surface area contributed by atoms with Crippen molar-refractivity contribution >= 4 is 11.9 Å². The van der Waals surface area contributed by atoms with Crippen molar-refractivity contribution in [3.8, 4) is 17.6 Å². The van der Waals surface area contributed by atoms with Gasteiger partial charge in [0.05, 0.1) is 7.11 Å². The maximum absolute atomic E-state index is 12.5. The number of carbonyl (C=O) groups is 1. The van der Waals surface area contributed by atoms with Crippen LogP contribution in [-0.2, 0) is 0 Å². The van der Waals surface area contributed by atoms with Gasteiger partial charge in [-0.1, -0.05) is 54.3 Å². The molecule has 5 nitrogen and oxygen atoms in total. The van der Waals surface area contributed by atoms with Gasteiger partial charge in [0, 0.05) is 18.2 Å². The predicted molar refractivity (Wildman–Crippen MR) is 123 cm³/mol. The fraction of sp³-hybridized carbons (Fsp3) is 0.154. The second kappa shape index (κ2) is 10.1. The lowest BCUT2D eigenvalue weighted by atomic mass is 10.0. The van der Waals surface area contributed by atoms with Crippen LogP contribution >= 0.6 is 0 Å². The zero-order chi connectivity index (χ0) is 22.2. The molecule has 31 heavy (non-hydrogen) atoms. The van der Waals surface area contributed by atoms with E-state index in [2.05, 4.69) is 17.2 Å². The Morgan fingerprint density at radius 2 is 1.74 bits per heavy atom. The Labute approximate surface area is 183 Å². The number of aryl methyl sites for hydroxylation is 1. The van der Waals surface area contributed by atoms with Crippen molar-refractivity contribution in [1.29, 1.82) is 5.41 Å². The van der Waals surface area contributed by atoms with Crippen molar-refractivity contribution in [2.24, 2.45) is 0 Å². The molecule has 0 aliphatic rings. The van der Waals surface area contributed by atoms with E-state index in [1.165, 1.54) is 0 Å². The Hall–Kier alpha value is -4.04. The molecule has 3 rings (SSSR count). The van der Waals surface area contributed by atoms with Crippen LogP contribution in [0, 0.1) is 24.2 Å². The largest absolute Gasteiger partial charge is 0.497 e. The highest BCUT2D eigenvalue weighted by atomic mass is 16.5.